The second-order valence-electron chi connectivity index (χ2n) is 7.72. The Labute approximate surface area is 155 Å². The zero-order chi connectivity index (χ0) is 18.7. The van der Waals surface area contributed by atoms with Crippen molar-refractivity contribution in [2.75, 3.05) is 44.2 Å². The molecule has 3 atom stereocenters. The van der Waals surface area contributed by atoms with E-state index >= 15 is 0 Å². The van der Waals surface area contributed by atoms with Gasteiger partial charge in [0, 0.05) is 51.0 Å². The Morgan fingerprint density at radius 1 is 1.12 bits per heavy atom. The molecule has 144 valence electrons. The molecule has 2 aliphatic heterocycles. The summed E-state index contributed by atoms with van der Waals surface area (Å²) >= 11 is 0. The Kier molecular flexibility index (Phi) is 6.14. The number of amides is 1. The quantitative estimate of drug-likeness (QED) is 0.889. The van der Waals surface area contributed by atoms with Crippen LogP contribution >= 0.6 is 0 Å². The third kappa shape index (κ3) is 4.35. The van der Waals surface area contributed by atoms with E-state index in [0.29, 0.717) is 5.92 Å². The van der Waals surface area contributed by atoms with Gasteiger partial charge in [0.15, 0.2) is 0 Å². The van der Waals surface area contributed by atoms with Crippen LogP contribution in [0.2, 0.25) is 0 Å². The average Bonchev–Trinajstić information content (AvgIpc) is 2.67. The maximum Gasteiger partial charge on any atom is 0.239 e. The summed E-state index contributed by atoms with van der Waals surface area (Å²) in [5, 5.41) is 0. The SMILES string of the molecule is CC(N)C1CCCN(C(=O)C(C)N2CCN(c3ccc(F)cc3)CC2)C1. The zero-order valence-corrected chi connectivity index (χ0v) is 15.9. The van der Waals surface area contributed by atoms with Crippen LogP contribution < -0.4 is 10.6 Å². The van der Waals surface area contributed by atoms with Gasteiger partial charge in [0.05, 0.1) is 6.04 Å². The predicted molar refractivity (Wildman–Crippen MR) is 103 cm³/mol. The lowest BCUT2D eigenvalue weighted by Crippen LogP contribution is -2.56. The minimum Gasteiger partial charge on any atom is -0.369 e. The van der Waals surface area contributed by atoms with Gasteiger partial charge in [-0.25, -0.2) is 4.39 Å². The lowest BCUT2D eigenvalue weighted by molar-refractivity contribution is -0.138. The van der Waals surface area contributed by atoms with Gasteiger partial charge in [0.25, 0.3) is 0 Å². The first-order valence-electron chi connectivity index (χ1n) is 9.74. The molecule has 5 nitrogen and oxygen atoms in total. The summed E-state index contributed by atoms with van der Waals surface area (Å²) in [5.74, 6) is 0.430. The maximum atomic E-state index is 13.1. The first-order valence-corrected chi connectivity index (χ1v) is 9.74. The topological polar surface area (TPSA) is 52.8 Å². The fourth-order valence-corrected chi connectivity index (χ4v) is 4.08. The number of anilines is 1. The molecule has 2 heterocycles. The first-order chi connectivity index (χ1) is 12.5. The van der Waals surface area contributed by atoms with Gasteiger partial charge in [-0.2, -0.15) is 0 Å². The van der Waals surface area contributed by atoms with Crippen molar-refractivity contribution in [3.8, 4) is 0 Å². The van der Waals surface area contributed by atoms with Crippen LogP contribution in [0.25, 0.3) is 0 Å². The van der Waals surface area contributed by atoms with E-state index in [-0.39, 0.29) is 23.8 Å². The van der Waals surface area contributed by atoms with Crippen LogP contribution in [0.4, 0.5) is 10.1 Å². The predicted octanol–water partition coefficient (Wildman–Crippen LogP) is 1.92. The van der Waals surface area contributed by atoms with E-state index < -0.39 is 0 Å². The summed E-state index contributed by atoms with van der Waals surface area (Å²) in [7, 11) is 0. The van der Waals surface area contributed by atoms with E-state index in [1.807, 2.05) is 30.9 Å². The number of likely N-dealkylation sites (tertiary alicyclic amines) is 1. The van der Waals surface area contributed by atoms with Crippen LogP contribution in [0.5, 0.6) is 0 Å². The maximum absolute atomic E-state index is 13.1. The van der Waals surface area contributed by atoms with Gasteiger partial charge >= 0.3 is 0 Å². The number of carbonyl (C=O) groups is 1. The minimum atomic E-state index is -0.210. The molecule has 3 rings (SSSR count). The second-order valence-corrected chi connectivity index (χ2v) is 7.72. The fourth-order valence-electron chi connectivity index (χ4n) is 4.08. The van der Waals surface area contributed by atoms with E-state index in [0.717, 1.165) is 57.8 Å². The highest BCUT2D eigenvalue weighted by atomic mass is 19.1. The second kappa shape index (κ2) is 8.35. The first kappa shape index (κ1) is 19.1. The Morgan fingerprint density at radius 2 is 1.77 bits per heavy atom. The van der Waals surface area contributed by atoms with Crippen molar-refractivity contribution in [2.24, 2.45) is 11.7 Å². The van der Waals surface area contributed by atoms with Crippen molar-refractivity contribution in [3.05, 3.63) is 30.1 Å². The van der Waals surface area contributed by atoms with Gasteiger partial charge < -0.3 is 15.5 Å². The van der Waals surface area contributed by atoms with Crippen LogP contribution in [0, 0.1) is 11.7 Å². The number of carbonyl (C=O) groups excluding carboxylic acids is 1. The molecule has 1 amide bonds. The monoisotopic (exact) mass is 362 g/mol. The molecule has 0 bridgehead atoms. The highest BCUT2D eigenvalue weighted by molar-refractivity contribution is 5.81. The van der Waals surface area contributed by atoms with E-state index in [1.54, 1.807) is 0 Å². The number of hydrogen-bond donors (Lipinski definition) is 1. The van der Waals surface area contributed by atoms with Gasteiger partial charge in [-0.05, 0) is 56.9 Å². The third-order valence-corrected chi connectivity index (χ3v) is 5.92. The molecular weight excluding hydrogens is 331 g/mol. The lowest BCUT2D eigenvalue weighted by atomic mass is 9.92. The van der Waals surface area contributed by atoms with Crippen LogP contribution in [0.3, 0.4) is 0 Å². The van der Waals surface area contributed by atoms with Crippen LogP contribution in [0.1, 0.15) is 26.7 Å². The molecule has 0 spiro atoms. The van der Waals surface area contributed by atoms with E-state index in [9.17, 15) is 9.18 Å². The highest BCUT2D eigenvalue weighted by Gasteiger charge is 2.32. The van der Waals surface area contributed by atoms with Crippen molar-refractivity contribution in [1.29, 1.82) is 0 Å². The molecule has 0 aliphatic carbocycles. The molecule has 0 aromatic heterocycles. The summed E-state index contributed by atoms with van der Waals surface area (Å²) in [6, 6.07) is 6.68. The molecule has 2 saturated heterocycles. The highest BCUT2D eigenvalue weighted by Crippen LogP contribution is 2.22. The summed E-state index contributed by atoms with van der Waals surface area (Å²) in [6.07, 6.45) is 2.16. The Balaban J connectivity index is 1.53. The van der Waals surface area contributed by atoms with Crippen molar-refractivity contribution in [2.45, 2.75) is 38.8 Å². The molecule has 2 N–H and O–H groups in total. The van der Waals surface area contributed by atoms with Crippen molar-refractivity contribution in [1.82, 2.24) is 9.80 Å². The van der Waals surface area contributed by atoms with Crippen LogP contribution in [-0.4, -0.2) is 67.1 Å². The minimum absolute atomic E-state index is 0.0998. The smallest absolute Gasteiger partial charge is 0.239 e. The molecule has 2 aliphatic rings. The molecule has 0 radical (unpaired) electrons. The Bertz CT molecular complexity index is 598. The van der Waals surface area contributed by atoms with Gasteiger partial charge in [0.2, 0.25) is 5.91 Å². The number of nitrogens with two attached hydrogens (primary N) is 1. The Hall–Kier alpha value is -1.66. The van der Waals surface area contributed by atoms with E-state index in [4.69, 9.17) is 5.73 Å². The van der Waals surface area contributed by atoms with E-state index in [1.165, 1.54) is 12.1 Å². The molecule has 3 unspecified atom stereocenters. The number of hydrogen-bond acceptors (Lipinski definition) is 4. The van der Waals surface area contributed by atoms with Crippen LogP contribution in [-0.2, 0) is 4.79 Å². The normalized spacial score (nSPS) is 24.4. The number of piperidine rings is 1. The largest absolute Gasteiger partial charge is 0.369 e. The van der Waals surface area contributed by atoms with Crippen LogP contribution in [0.15, 0.2) is 24.3 Å². The molecule has 1 aromatic carbocycles. The molecule has 2 fully saturated rings. The van der Waals surface area contributed by atoms with Crippen molar-refractivity contribution >= 4 is 11.6 Å². The summed E-state index contributed by atoms with van der Waals surface area (Å²) in [5.41, 5.74) is 7.09. The molecule has 1 aromatic rings. The Morgan fingerprint density at radius 3 is 2.38 bits per heavy atom. The number of benzene rings is 1. The number of halogens is 1. The van der Waals surface area contributed by atoms with Gasteiger partial charge in [-0.1, -0.05) is 0 Å². The summed E-state index contributed by atoms with van der Waals surface area (Å²) in [6.45, 7) is 9.08. The molecular formula is C20H31FN4O. The summed E-state index contributed by atoms with van der Waals surface area (Å²) < 4.78 is 13.1. The molecule has 26 heavy (non-hydrogen) atoms. The average molecular weight is 362 g/mol. The zero-order valence-electron chi connectivity index (χ0n) is 15.9. The standard InChI is InChI=1S/C20H31FN4O/c1-15(22)17-4-3-9-25(14-17)20(26)16(2)23-10-12-24(13-11-23)19-7-5-18(21)6-8-19/h5-8,15-17H,3-4,9-14,22H2,1-2H3. The van der Waals surface area contributed by atoms with Crippen molar-refractivity contribution in [3.63, 3.8) is 0 Å². The lowest BCUT2D eigenvalue weighted by Gasteiger charge is -2.41. The molecule has 6 heteroatoms. The van der Waals surface area contributed by atoms with Gasteiger partial charge in [-0.15, -0.1) is 0 Å². The van der Waals surface area contributed by atoms with Gasteiger partial charge in [0.1, 0.15) is 5.82 Å². The number of piperazine rings is 1. The summed E-state index contributed by atoms with van der Waals surface area (Å²) in [4.78, 5) is 19.5. The van der Waals surface area contributed by atoms with Crippen molar-refractivity contribution < 1.29 is 9.18 Å². The molecule has 0 saturated carbocycles. The van der Waals surface area contributed by atoms with Gasteiger partial charge in [-0.3, -0.25) is 9.69 Å². The fraction of sp³-hybridized carbons (Fsp3) is 0.650. The van der Waals surface area contributed by atoms with E-state index in [2.05, 4.69) is 9.80 Å². The third-order valence-electron chi connectivity index (χ3n) is 5.92. The number of nitrogens with zero attached hydrogens (tertiary/aromatic N) is 3. The number of rotatable bonds is 4.